The first-order valence-electron chi connectivity index (χ1n) is 7.77. The molecule has 1 amide bonds. The molecule has 4 heterocycles. The van der Waals surface area contributed by atoms with Gasteiger partial charge in [0.1, 0.15) is 0 Å². The number of amides is 1. The van der Waals surface area contributed by atoms with Gasteiger partial charge in [0.25, 0.3) is 5.91 Å². The van der Waals surface area contributed by atoms with Gasteiger partial charge < -0.3 is 14.2 Å². The maximum atomic E-state index is 12.8. The summed E-state index contributed by atoms with van der Waals surface area (Å²) < 4.78 is 7.59. The molecule has 0 bridgehead atoms. The van der Waals surface area contributed by atoms with Gasteiger partial charge in [0.15, 0.2) is 0 Å². The molecule has 1 fully saturated rings. The van der Waals surface area contributed by atoms with Crippen molar-refractivity contribution in [3.05, 3.63) is 40.1 Å². The fourth-order valence-corrected chi connectivity index (χ4v) is 4.39. The van der Waals surface area contributed by atoms with E-state index >= 15 is 0 Å². The van der Waals surface area contributed by atoms with Crippen LogP contribution >= 0.6 is 11.3 Å². The second-order valence-corrected chi connectivity index (χ2v) is 7.06. The van der Waals surface area contributed by atoms with E-state index in [-0.39, 0.29) is 5.91 Å². The van der Waals surface area contributed by atoms with Crippen LogP contribution in [0.25, 0.3) is 0 Å². The number of likely N-dealkylation sites (tertiary alicyclic amines) is 1. The highest BCUT2D eigenvalue weighted by Crippen LogP contribution is 2.29. The minimum absolute atomic E-state index is 0.171. The molecule has 0 N–H and O–H groups in total. The summed E-state index contributed by atoms with van der Waals surface area (Å²) in [5.74, 6) is 0.171. The summed E-state index contributed by atoms with van der Waals surface area (Å²) in [7, 11) is 0. The van der Waals surface area contributed by atoms with Crippen molar-refractivity contribution >= 4 is 17.2 Å². The van der Waals surface area contributed by atoms with Crippen molar-refractivity contribution in [1.82, 2.24) is 14.5 Å². The SMILES string of the molecule is O=C(c1cc2c(s1)CCOC2)N1CCC[C@H](n2ccnc2)C1. The molecule has 2 aliphatic rings. The number of carbonyl (C=O) groups is 1. The molecule has 0 saturated carbocycles. The molecule has 0 aromatic carbocycles. The van der Waals surface area contributed by atoms with Gasteiger partial charge in [-0.15, -0.1) is 11.3 Å². The third-order valence-corrected chi connectivity index (χ3v) is 5.69. The Balaban J connectivity index is 1.51. The number of carbonyl (C=O) groups excluding carboxylic acids is 1. The molecule has 22 heavy (non-hydrogen) atoms. The number of ether oxygens (including phenoxy) is 1. The Morgan fingerprint density at radius 2 is 2.41 bits per heavy atom. The number of nitrogens with zero attached hydrogens (tertiary/aromatic N) is 3. The maximum absolute atomic E-state index is 12.8. The zero-order valence-electron chi connectivity index (χ0n) is 12.4. The molecule has 0 spiro atoms. The summed E-state index contributed by atoms with van der Waals surface area (Å²) in [6.07, 6.45) is 8.72. The lowest BCUT2D eigenvalue weighted by Gasteiger charge is -2.33. The minimum Gasteiger partial charge on any atom is -0.376 e. The molecule has 5 nitrogen and oxygen atoms in total. The average molecular weight is 317 g/mol. The normalized spacial score (nSPS) is 21.6. The van der Waals surface area contributed by atoms with Crippen LogP contribution in [-0.4, -0.2) is 40.1 Å². The van der Waals surface area contributed by atoms with E-state index in [0.29, 0.717) is 12.6 Å². The van der Waals surface area contributed by atoms with Crippen LogP contribution in [0, 0.1) is 0 Å². The molecule has 0 aliphatic carbocycles. The van der Waals surface area contributed by atoms with Crippen molar-refractivity contribution in [2.45, 2.75) is 31.9 Å². The second-order valence-electron chi connectivity index (χ2n) is 5.92. The number of thiophene rings is 1. The van der Waals surface area contributed by atoms with Gasteiger partial charge in [-0.3, -0.25) is 4.79 Å². The standard InChI is InChI=1S/C16H19N3O2S/c20-16(15-8-12-10-21-7-3-14(12)22-15)18-5-1-2-13(9-18)19-6-4-17-11-19/h4,6,8,11,13H,1-3,5,7,9-10H2/t13-/m0/s1. The van der Waals surface area contributed by atoms with Crippen molar-refractivity contribution in [1.29, 1.82) is 0 Å². The number of imidazole rings is 1. The Morgan fingerprint density at radius 1 is 1.45 bits per heavy atom. The van der Waals surface area contributed by atoms with E-state index in [0.717, 1.165) is 43.8 Å². The van der Waals surface area contributed by atoms with Gasteiger partial charge in [0.2, 0.25) is 0 Å². The first-order chi connectivity index (χ1) is 10.8. The van der Waals surface area contributed by atoms with Crippen LogP contribution in [-0.2, 0) is 17.8 Å². The van der Waals surface area contributed by atoms with Gasteiger partial charge in [0.05, 0.1) is 30.5 Å². The summed E-state index contributed by atoms with van der Waals surface area (Å²) in [4.78, 5) is 21.1. The number of hydrogen-bond donors (Lipinski definition) is 0. The smallest absolute Gasteiger partial charge is 0.264 e. The molecule has 1 saturated heterocycles. The summed E-state index contributed by atoms with van der Waals surface area (Å²) in [5, 5.41) is 0. The molecule has 2 aromatic rings. The second kappa shape index (κ2) is 5.85. The van der Waals surface area contributed by atoms with Crippen LogP contribution in [0.4, 0.5) is 0 Å². The van der Waals surface area contributed by atoms with E-state index in [2.05, 4.69) is 9.55 Å². The molecule has 6 heteroatoms. The third kappa shape index (κ3) is 2.57. The summed E-state index contributed by atoms with van der Waals surface area (Å²) in [6.45, 7) is 3.04. The van der Waals surface area contributed by atoms with Crippen LogP contribution in [0.2, 0.25) is 0 Å². The van der Waals surface area contributed by atoms with E-state index in [1.54, 1.807) is 17.5 Å². The Labute approximate surface area is 133 Å². The Kier molecular flexibility index (Phi) is 3.72. The van der Waals surface area contributed by atoms with Crippen LogP contribution < -0.4 is 0 Å². The first kappa shape index (κ1) is 14.0. The number of fused-ring (bicyclic) bond motifs is 1. The van der Waals surface area contributed by atoms with Crippen LogP contribution in [0.1, 0.15) is 39.0 Å². The van der Waals surface area contributed by atoms with E-state index in [4.69, 9.17) is 4.74 Å². The Hall–Kier alpha value is -1.66. The van der Waals surface area contributed by atoms with Gasteiger partial charge in [-0.1, -0.05) is 0 Å². The molecule has 2 aliphatic heterocycles. The molecular formula is C16H19N3O2S. The van der Waals surface area contributed by atoms with Crippen molar-refractivity contribution in [2.75, 3.05) is 19.7 Å². The fourth-order valence-electron chi connectivity index (χ4n) is 3.28. The van der Waals surface area contributed by atoms with Gasteiger partial charge in [-0.25, -0.2) is 4.98 Å². The van der Waals surface area contributed by atoms with Gasteiger partial charge in [-0.2, -0.15) is 0 Å². The molecule has 1 atom stereocenters. The van der Waals surface area contributed by atoms with E-state index in [1.807, 2.05) is 23.5 Å². The summed E-state index contributed by atoms with van der Waals surface area (Å²) >= 11 is 1.65. The van der Waals surface area contributed by atoms with E-state index in [1.165, 1.54) is 10.4 Å². The van der Waals surface area contributed by atoms with Crippen LogP contribution in [0.3, 0.4) is 0 Å². The number of aromatic nitrogens is 2. The lowest BCUT2D eigenvalue weighted by atomic mass is 10.1. The minimum atomic E-state index is 0.171. The predicted molar refractivity (Wildman–Crippen MR) is 84.1 cm³/mol. The third-order valence-electron chi connectivity index (χ3n) is 4.47. The zero-order chi connectivity index (χ0) is 14.9. The topological polar surface area (TPSA) is 47.4 Å². The van der Waals surface area contributed by atoms with Crippen molar-refractivity contribution in [3.63, 3.8) is 0 Å². The highest BCUT2D eigenvalue weighted by molar-refractivity contribution is 7.14. The van der Waals surface area contributed by atoms with Crippen LogP contribution in [0.5, 0.6) is 0 Å². The molecule has 0 unspecified atom stereocenters. The quantitative estimate of drug-likeness (QED) is 0.855. The highest BCUT2D eigenvalue weighted by Gasteiger charge is 2.27. The van der Waals surface area contributed by atoms with Gasteiger partial charge in [-0.05, 0) is 24.5 Å². The van der Waals surface area contributed by atoms with Crippen molar-refractivity contribution in [3.8, 4) is 0 Å². The van der Waals surface area contributed by atoms with Crippen molar-refractivity contribution in [2.24, 2.45) is 0 Å². The summed E-state index contributed by atoms with van der Waals surface area (Å²) in [5.41, 5.74) is 1.20. The first-order valence-corrected chi connectivity index (χ1v) is 8.59. The fraction of sp³-hybridized carbons (Fsp3) is 0.500. The van der Waals surface area contributed by atoms with Gasteiger partial charge in [0, 0.05) is 36.8 Å². The van der Waals surface area contributed by atoms with Crippen molar-refractivity contribution < 1.29 is 9.53 Å². The molecular weight excluding hydrogens is 298 g/mol. The Bertz CT molecular complexity index is 641. The lowest BCUT2D eigenvalue weighted by molar-refractivity contribution is 0.0684. The zero-order valence-corrected chi connectivity index (χ0v) is 13.2. The highest BCUT2D eigenvalue weighted by atomic mass is 32.1. The molecule has 116 valence electrons. The number of piperidine rings is 1. The summed E-state index contributed by atoms with van der Waals surface area (Å²) in [6, 6.07) is 2.38. The largest absolute Gasteiger partial charge is 0.376 e. The van der Waals surface area contributed by atoms with E-state index in [9.17, 15) is 4.79 Å². The number of hydrogen-bond acceptors (Lipinski definition) is 4. The maximum Gasteiger partial charge on any atom is 0.264 e. The van der Waals surface area contributed by atoms with E-state index < -0.39 is 0 Å². The molecule has 0 radical (unpaired) electrons. The predicted octanol–water partition coefficient (Wildman–Crippen LogP) is 2.49. The van der Waals surface area contributed by atoms with Crippen LogP contribution in [0.15, 0.2) is 24.8 Å². The Morgan fingerprint density at radius 3 is 3.23 bits per heavy atom. The van der Waals surface area contributed by atoms with Gasteiger partial charge >= 0.3 is 0 Å². The average Bonchev–Trinajstić information content (AvgIpc) is 3.23. The monoisotopic (exact) mass is 317 g/mol. The number of rotatable bonds is 2. The lowest BCUT2D eigenvalue weighted by Crippen LogP contribution is -2.40. The molecule has 4 rings (SSSR count). The molecule has 2 aromatic heterocycles.